The molecule has 2 N–H and O–H groups in total. The van der Waals surface area contributed by atoms with E-state index in [-0.39, 0.29) is 37.9 Å². The molecule has 0 aromatic carbocycles. The predicted molar refractivity (Wildman–Crippen MR) is 65.2 cm³/mol. The van der Waals surface area contributed by atoms with Crippen molar-refractivity contribution in [3.05, 3.63) is 0 Å². The number of hydrogen-bond donors (Lipinski definition) is 2. The number of alkyl halides is 2. The van der Waals surface area contributed by atoms with Crippen LogP contribution >= 0.6 is 0 Å². The number of carbonyl (C=O) groups is 2. The number of halogens is 2. The fraction of sp³-hybridized carbons (Fsp3) is 0.833. The average Bonchev–Trinajstić information content (AvgIpc) is 2.33. The Morgan fingerprint density at radius 1 is 1.37 bits per heavy atom. The Hall–Kier alpha value is -1.40. The van der Waals surface area contributed by atoms with E-state index in [9.17, 15) is 18.4 Å². The summed E-state index contributed by atoms with van der Waals surface area (Å²) in [6.07, 6.45) is 0.581. The van der Waals surface area contributed by atoms with Gasteiger partial charge >= 0.3 is 12.0 Å². The molecule has 2 amide bonds. The van der Waals surface area contributed by atoms with E-state index in [1.54, 1.807) is 7.05 Å². The van der Waals surface area contributed by atoms with E-state index in [1.807, 2.05) is 0 Å². The van der Waals surface area contributed by atoms with Crippen molar-refractivity contribution in [2.75, 3.05) is 13.6 Å². The monoisotopic (exact) mass is 278 g/mol. The van der Waals surface area contributed by atoms with Crippen molar-refractivity contribution < 1.29 is 23.5 Å². The van der Waals surface area contributed by atoms with Gasteiger partial charge in [-0.1, -0.05) is 0 Å². The van der Waals surface area contributed by atoms with Crippen molar-refractivity contribution in [1.82, 2.24) is 10.2 Å². The molecule has 0 aromatic heterocycles. The third kappa shape index (κ3) is 5.40. The molecule has 1 saturated carbocycles. The van der Waals surface area contributed by atoms with Gasteiger partial charge in [-0.3, -0.25) is 4.79 Å². The highest BCUT2D eigenvalue weighted by atomic mass is 19.3. The number of urea groups is 1. The summed E-state index contributed by atoms with van der Waals surface area (Å²) in [5.74, 6) is -3.51. The van der Waals surface area contributed by atoms with Gasteiger partial charge in [0.2, 0.25) is 5.92 Å². The van der Waals surface area contributed by atoms with Crippen LogP contribution in [0.15, 0.2) is 0 Å². The number of carboxylic acid groups (broad SMARTS) is 1. The molecule has 0 bridgehead atoms. The van der Waals surface area contributed by atoms with Crippen LogP contribution in [0, 0.1) is 0 Å². The zero-order valence-corrected chi connectivity index (χ0v) is 11.0. The summed E-state index contributed by atoms with van der Waals surface area (Å²) in [5.41, 5.74) is 0. The molecule has 1 fully saturated rings. The van der Waals surface area contributed by atoms with Crippen LogP contribution in [0.3, 0.4) is 0 Å². The maximum absolute atomic E-state index is 13.0. The van der Waals surface area contributed by atoms with Crippen LogP contribution in [0.25, 0.3) is 0 Å². The van der Waals surface area contributed by atoms with Gasteiger partial charge in [0.25, 0.3) is 0 Å². The lowest BCUT2D eigenvalue weighted by Gasteiger charge is -2.34. The highest BCUT2D eigenvalue weighted by molar-refractivity contribution is 5.74. The van der Waals surface area contributed by atoms with E-state index in [0.717, 1.165) is 0 Å². The van der Waals surface area contributed by atoms with E-state index in [2.05, 4.69) is 5.32 Å². The molecule has 0 unspecified atom stereocenters. The second-order valence-electron chi connectivity index (χ2n) is 4.93. The Bertz CT molecular complexity index is 327. The molecule has 0 radical (unpaired) electrons. The lowest BCUT2D eigenvalue weighted by Crippen LogP contribution is -2.46. The standard InChI is InChI=1S/C12H20F2N2O3/c1-16(9-4-6-12(13,14)7-5-9)11(19)15-8-2-3-10(17)18/h9H,2-8H2,1H3,(H,15,19)(H,17,18). The molecule has 0 aliphatic heterocycles. The molecule has 110 valence electrons. The minimum absolute atomic E-state index is 0.000352. The zero-order valence-electron chi connectivity index (χ0n) is 11.0. The molecular weight excluding hydrogens is 258 g/mol. The smallest absolute Gasteiger partial charge is 0.317 e. The largest absolute Gasteiger partial charge is 0.481 e. The average molecular weight is 278 g/mol. The van der Waals surface area contributed by atoms with E-state index in [4.69, 9.17) is 5.11 Å². The van der Waals surface area contributed by atoms with Crippen LogP contribution in [-0.2, 0) is 4.79 Å². The minimum atomic E-state index is -2.60. The number of aliphatic carboxylic acids is 1. The van der Waals surface area contributed by atoms with Crippen molar-refractivity contribution in [3.8, 4) is 0 Å². The second-order valence-corrected chi connectivity index (χ2v) is 4.93. The summed E-state index contributed by atoms with van der Waals surface area (Å²) in [7, 11) is 1.58. The highest BCUT2D eigenvalue weighted by Crippen LogP contribution is 2.34. The number of carboxylic acids is 1. The normalized spacial score (nSPS) is 18.9. The Kier molecular flexibility index (Phi) is 5.50. The second kappa shape index (κ2) is 6.68. The lowest BCUT2D eigenvalue weighted by molar-refractivity contribution is -0.137. The van der Waals surface area contributed by atoms with Crippen LogP contribution in [0.4, 0.5) is 13.6 Å². The first-order chi connectivity index (χ1) is 8.82. The zero-order chi connectivity index (χ0) is 14.5. The van der Waals surface area contributed by atoms with Crippen LogP contribution in [0.1, 0.15) is 38.5 Å². The Morgan fingerprint density at radius 2 is 1.95 bits per heavy atom. The van der Waals surface area contributed by atoms with Crippen LogP contribution in [0.5, 0.6) is 0 Å². The molecule has 1 aliphatic rings. The summed E-state index contributed by atoms with van der Waals surface area (Å²) < 4.78 is 26.0. The van der Waals surface area contributed by atoms with Gasteiger partial charge in [0, 0.05) is 38.9 Å². The maximum atomic E-state index is 13.0. The molecule has 0 aromatic rings. The quantitative estimate of drug-likeness (QED) is 0.756. The summed E-state index contributed by atoms with van der Waals surface area (Å²) in [6, 6.07) is -0.500. The van der Waals surface area contributed by atoms with Gasteiger partial charge in [0.05, 0.1) is 0 Å². The third-order valence-electron chi connectivity index (χ3n) is 3.40. The minimum Gasteiger partial charge on any atom is -0.481 e. The van der Waals surface area contributed by atoms with Crippen LogP contribution in [-0.4, -0.2) is 47.6 Å². The number of rotatable bonds is 5. The van der Waals surface area contributed by atoms with Crippen molar-refractivity contribution in [3.63, 3.8) is 0 Å². The molecule has 19 heavy (non-hydrogen) atoms. The molecule has 0 heterocycles. The number of nitrogens with zero attached hydrogens (tertiary/aromatic N) is 1. The molecule has 7 heteroatoms. The first-order valence-electron chi connectivity index (χ1n) is 6.42. The topological polar surface area (TPSA) is 69.6 Å². The summed E-state index contributed by atoms with van der Waals surface area (Å²) in [6.45, 7) is 0.276. The fourth-order valence-electron chi connectivity index (χ4n) is 2.14. The summed E-state index contributed by atoms with van der Waals surface area (Å²) in [5, 5.41) is 11.0. The third-order valence-corrected chi connectivity index (χ3v) is 3.40. The SMILES string of the molecule is CN(C(=O)NCCCC(=O)O)C1CCC(F)(F)CC1. The van der Waals surface area contributed by atoms with Crippen molar-refractivity contribution in [2.45, 2.75) is 50.5 Å². The number of amides is 2. The fourth-order valence-corrected chi connectivity index (χ4v) is 2.14. The first-order valence-corrected chi connectivity index (χ1v) is 6.42. The van der Waals surface area contributed by atoms with Gasteiger partial charge in [-0.05, 0) is 19.3 Å². The molecule has 0 atom stereocenters. The van der Waals surface area contributed by atoms with Gasteiger partial charge in [0.1, 0.15) is 0 Å². The Morgan fingerprint density at radius 3 is 2.47 bits per heavy atom. The molecule has 1 rings (SSSR count). The van der Waals surface area contributed by atoms with Gasteiger partial charge < -0.3 is 15.3 Å². The molecule has 1 aliphatic carbocycles. The number of carbonyl (C=O) groups excluding carboxylic acids is 1. The van der Waals surface area contributed by atoms with Crippen molar-refractivity contribution >= 4 is 12.0 Å². The lowest BCUT2D eigenvalue weighted by atomic mass is 9.91. The van der Waals surface area contributed by atoms with Crippen LogP contribution in [0.2, 0.25) is 0 Å². The van der Waals surface area contributed by atoms with E-state index in [0.29, 0.717) is 19.3 Å². The first kappa shape index (κ1) is 15.7. The Labute approximate surface area is 111 Å². The molecular formula is C12H20F2N2O3. The van der Waals surface area contributed by atoms with Gasteiger partial charge in [-0.2, -0.15) is 0 Å². The van der Waals surface area contributed by atoms with Crippen LogP contribution < -0.4 is 5.32 Å². The predicted octanol–water partition coefficient (Wildman–Crippen LogP) is 2.07. The van der Waals surface area contributed by atoms with E-state index < -0.39 is 11.9 Å². The van der Waals surface area contributed by atoms with Crippen molar-refractivity contribution in [1.29, 1.82) is 0 Å². The Balaban J connectivity index is 2.27. The maximum Gasteiger partial charge on any atom is 0.317 e. The number of hydrogen-bond acceptors (Lipinski definition) is 2. The van der Waals surface area contributed by atoms with Crippen molar-refractivity contribution in [2.24, 2.45) is 0 Å². The highest BCUT2D eigenvalue weighted by Gasteiger charge is 2.37. The summed E-state index contributed by atoms with van der Waals surface area (Å²) >= 11 is 0. The van der Waals surface area contributed by atoms with Gasteiger partial charge in [-0.15, -0.1) is 0 Å². The molecule has 0 spiro atoms. The number of nitrogens with one attached hydrogen (secondary N) is 1. The summed E-state index contributed by atoms with van der Waals surface area (Å²) in [4.78, 5) is 23.5. The van der Waals surface area contributed by atoms with E-state index >= 15 is 0 Å². The van der Waals surface area contributed by atoms with Gasteiger partial charge in [0.15, 0.2) is 0 Å². The molecule has 0 saturated heterocycles. The van der Waals surface area contributed by atoms with Gasteiger partial charge in [-0.25, -0.2) is 13.6 Å². The molecule has 5 nitrogen and oxygen atoms in total. The van der Waals surface area contributed by atoms with E-state index in [1.165, 1.54) is 4.90 Å².